The van der Waals surface area contributed by atoms with Gasteiger partial charge in [0.05, 0.1) is 17.5 Å². The second kappa shape index (κ2) is 4.47. The lowest BCUT2D eigenvalue weighted by Crippen LogP contribution is -2.34. The summed E-state index contributed by atoms with van der Waals surface area (Å²) in [6, 6.07) is 9.13. The largest absolute Gasteiger partial charge is 0.315 e. The first-order valence-electron chi connectivity index (χ1n) is 5.42. The van der Waals surface area contributed by atoms with Crippen LogP contribution in [-0.4, -0.2) is 24.9 Å². The molecule has 2 aliphatic heterocycles. The number of amides is 2. The highest BCUT2D eigenvalue weighted by atomic mass is 35.5. The summed E-state index contributed by atoms with van der Waals surface area (Å²) >= 11 is 0. The number of benzene rings is 1. The number of para-hydroxylation sites is 1. The number of halogens is 1. The lowest BCUT2D eigenvalue weighted by molar-refractivity contribution is -0.122. The van der Waals surface area contributed by atoms with Crippen molar-refractivity contribution in [2.75, 3.05) is 18.0 Å². The summed E-state index contributed by atoms with van der Waals surface area (Å²) in [7, 11) is 0. The smallest absolute Gasteiger partial charge is 0.239 e. The van der Waals surface area contributed by atoms with Gasteiger partial charge in [0.2, 0.25) is 11.8 Å². The molecule has 0 saturated carbocycles. The van der Waals surface area contributed by atoms with Crippen molar-refractivity contribution >= 4 is 29.9 Å². The fourth-order valence-electron chi connectivity index (χ4n) is 2.47. The number of imide groups is 1. The number of carbonyl (C=O) groups excluding carboxylic acids is 2. The average molecular weight is 253 g/mol. The number of hydrogen-bond acceptors (Lipinski definition) is 3. The Morgan fingerprint density at radius 1 is 1.00 bits per heavy atom. The molecule has 1 aromatic carbocycles. The van der Waals surface area contributed by atoms with Gasteiger partial charge in [0.15, 0.2) is 0 Å². The van der Waals surface area contributed by atoms with Gasteiger partial charge in [-0.25, -0.2) is 4.90 Å². The van der Waals surface area contributed by atoms with E-state index in [2.05, 4.69) is 5.32 Å². The van der Waals surface area contributed by atoms with Crippen molar-refractivity contribution in [2.45, 2.75) is 0 Å². The van der Waals surface area contributed by atoms with Gasteiger partial charge in [-0.2, -0.15) is 0 Å². The van der Waals surface area contributed by atoms with Gasteiger partial charge in [0, 0.05) is 13.1 Å². The third-order valence-corrected chi connectivity index (χ3v) is 3.30. The maximum Gasteiger partial charge on any atom is 0.239 e. The normalized spacial score (nSPS) is 26.9. The van der Waals surface area contributed by atoms with E-state index in [9.17, 15) is 9.59 Å². The fourth-order valence-corrected chi connectivity index (χ4v) is 2.47. The molecule has 2 amide bonds. The van der Waals surface area contributed by atoms with Crippen molar-refractivity contribution in [2.24, 2.45) is 11.8 Å². The zero-order valence-corrected chi connectivity index (χ0v) is 9.94. The second-order valence-corrected chi connectivity index (χ2v) is 4.22. The van der Waals surface area contributed by atoms with Gasteiger partial charge in [-0.05, 0) is 12.1 Å². The molecule has 0 spiro atoms. The Balaban J connectivity index is 0.00000108. The summed E-state index contributed by atoms with van der Waals surface area (Å²) < 4.78 is 0. The van der Waals surface area contributed by atoms with E-state index in [0.29, 0.717) is 18.8 Å². The van der Waals surface area contributed by atoms with Gasteiger partial charge >= 0.3 is 0 Å². The molecule has 17 heavy (non-hydrogen) atoms. The quantitative estimate of drug-likeness (QED) is 0.753. The van der Waals surface area contributed by atoms with Crippen LogP contribution in [0.4, 0.5) is 5.69 Å². The summed E-state index contributed by atoms with van der Waals surface area (Å²) in [4.78, 5) is 25.5. The van der Waals surface area contributed by atoms with E-state index in [-0.39, 0.29) is 36.1 Å². The number of carbonyl (C=O) groups is 2. The number of anilines is 1. The number of nitrogens with one attached hydrogen (secondary N) is 1. The van der Waals surface area contributed by atoms with Crippen LogP contribution in [0.2, 0.25) is 0 Å². The predicted octanol–water partition coefficient (Wildman–Crippen LogP) is 0.817. The number of rotatable bonds is 1. The number of nitrogens with zero attached hydrogens (tertiary/aromatic N) is 1. The van der Waals surface area contributed by atoms with E-state index in [1.807, 2.05) is 18.2 Å². The van der Waals surface area contributed by atoms with Crippen molar-refractivity contribution in [3.63, 3.8) is 0 Å². The van der Waals surface area contributed by atoms with E-state index in [1.165, 1.54) is 4.90 Å². The predicted molar refractivity (Wildman–Crippen MR) is 66.0 cm³/mol. The average Bonchev–Trinajstić information content (AvgIpc) is 2.86. The summed E-state index contributed by atoms with van der Waals surface area (Å²) in [5.74, 6) is -0.446. The second-order valence-electron chi connectivity index (χ2n) is 4.22. The van der Waals surface area contributed by atoms with Crippen molar-refractivity contribution in [3.05, 3.63) is 30.3 Å². The maximum absolute atomic E-state index is 12.1. The molecule has 5 heteroatoms. The van der Waals surface area contributed by atoms with E-state index < -0.39 is 0 Å². The standard InChI is InChI=1S/C12H12N2O2.ClH/c15-11-9-6-13-7-10(9)12(16)14(11)8-4-2-1-3-5-8;/h1-5,9-10,13H,6-7H2;1H. The highest BCUT2D eigenvalue weighted by Crippen LogP contribution is 2.32. The summed E-state index contributed by atoms with van der Waals surface area (Å²) in [5.41, 5.74) is 0.687. The lowest BCUT2D eigenvalue weighted by atomic mass is 10.00. The molecule has 4 nitrogen and oxygen atoms in total. The minimum atomic E-state index is -0.160. The molecule has 0 aromatic heterocycles. The van der Waals surface area contributed by atoms with E-state index >= 15 is 0 Å². The first-order chi connectivity index (χ1) is 7.79. The molecule has 2 heterocycles. The molecule has 0 radical (unpaired) electrons. The fraction of sp³-hybridized carbons (Fsp3) is 0.333. The van der Waals surface area contributed by atoms with Crippen molar-refractivity contribution in [1.82, 2.24) is 5.32 Å². The molecule has 2 fully saturated rings. The number of hydrogen-bond donors (Lipinski definition) is 1. The first-order valence-corrected chi connectivity index (χ1v) is 5.42. The van der Waals surface area contributed by atoms with Crippen molar-refractivity contribution < 1.29 is 9.59 Å². The highest BCUT2D eigenvalue weighted by molar-refractivity contribution is 6.22. The molecule has 2 atom stereocenters. The van der Waals surface area contributed by atoms with Crippen LogP contribution in [-0.2, 0) is 9.59 Å². The molecule has 3 rings (SSSR count). The molecule has 2 saturated heterocycles. The Kier molecular flexibility index (Phi) is 3.17. The van der Waals surface area contributed by atoms with Gasteiger partial charge in [-0.1, -0.05) is 18.2 Å². The van der Waals surface area contributed by atoms with Crippen LogP contribution in [0.5, 0.6) is 0 Å². The Morgan fingerprint density at radius 3 is 2.06 bits per heavy atom. The third-order valence-electron chi connectivity index (χ3n) is 3.30. The SMILES string of the molecule is Cl.O=C1C2CNCC2C(=O)N1c1ccccc1. The van der Waals surface area contributed by atoms with Crippen molar-refractivity contribution in [3.8, 4) is 0 Å². The third kappa shape index (κ3) is 1.73. The Morgan fingerprint density at radius 2 is 1.53 bits per heavy atom. The Labute approximate surface area is 105 Å². The van der Waals surface area contributed by atoms with Crippen LogP contribution in [0.3, 0.4) is 0 Å². The van der Waals surface area contributed by atoms with Crippen LogP contribution in [0.25, 0.3) is 0 Å². The molecule has 0 aliphatic carbocycles. The molecular weight excluding hydrogens is 240 g/mol. The highest BCUT2D eigenvalue weighted by Gasteiger charge is 2.50. The summed E-state index contributed by atoms with van der Waals surface area (Å²) in [5, 5.41) is 3.09. The molecule has 1 aromatic rings. The Bertz CT molecular complexity index is 427. The minimum Gasteiger partial charge on any atom is -0.315 e. The van der Waals surface area contributed by atoms with Gasteiger partial charge < -0.3 is 5.32 Å². The molecule has 1 N–H and O–H groups in total. The Hall–Kier alpha value is -1.39. The van der Waals surface area contributed by atoms with Gasteiger partial charge in [-0.3, -0.25) is 9.59 Å². The van der Waals surface area contributed by atoms with E-state index in [1.54, 1.807) is 12.1 Å². The monoisotopic (exact) mass is 252 g/mol. The van der Waals surface area contributed by atoms with Gasteiger partial charge in [0.25, 0.3) is 0 Å². The van der Waals surface area contributed by atoms with Crippen LogP contribution in [0, 0.1) is 11.8 Å². The lowest BCUT2D eigenvalue weighted by Gasteiger charge is -2.15. The van der Waals surface area contributed by atoms with Gasteiger partial charge in [-0.15, -0.1) is 12.4 Å². The van der Waals surface area contributed by atoms with E-state index in [0.717, 1.165) is 0 Å². The van der Waals surface area contributed by atoms with Crippen LogP contribution >= 0.6 is 12.4 Å². The topological polar surface area (TPSA) is 49.4 Å². The number of fused-ring (bicyclic) bond motifs is 1. The minimum absolute atomic E-state index is 0. The van der Waals surface area contributed by atoms with E-state index in [4.69, 9.17) is 0 Å². The molecule has 2 aliphatic rings. The summed E-state index contributed by atoms with van der Waals surface area (Å²) in [6.45, 7) is 1.25. The van der Waals surface area contributed by atoms with Crippen LogP contribution in [0.1, 0.15) is 0 Å². The maximum atomic E-state index is 12.1. The molecule has 0 bridgehead atoms. The zero-order valence-electron chi connectivity index (χ0n) is 9.13. The van der Waals surface area contributed by atoms with Crippen molar-refractivity contribution in [1.29, 1.82) is 0 Å². The summed E-state index contributed by atoms with van der Waals surface area (Å²) in [6.07, 6.45) is 0. The molecule has 2 unspecified atom stereocenters. The zero-order chi connectivity index (χ0) is 11.1. The van der Waals surface area contributed by atoms with Crippen LogP contribution in [0.15, 0.2) is 30.3 Å². The first kappa shape index (κ1) is 12.1. The van der Waals surface area contributed by atoms with Crippen LogP contribution < -0.4 is 10.2 Å². The van der Waals surface area contributed by atoms with Gasteiger partial charge in [0.1, 0.15) is 0 Å². The molecule has 90 valence electrons. The molecular formula is C12H13ClN2O2.